The van der Waals surface area contributed by atoms with Gasteiger partial charge in [-0.1, -0.05) is 41.9 Å². The average molecular weight is 388 g/mol. The Kier molecular flexibility index (Phi) is 6.68. The summed E-state index contributed by atoms with van der Waals surface area (Å²) >= 11 is 6.07. The fraction of sp³-hybridized carbons (Fsp3) is 0.300. The summed E-state index contributed by atoms with van der Waals surface area (Å²) in [4.78, 5) is 24.1. The molecule has 142 valence electrons. The Morgan fingerprint density at radius 1 is 1.07 bits per heavy atom. The van der Waals surface area contributed by atoms with Crippen molar-refractivity contribution in [3.05, 3.63) is 64.7 Å². The van der Waals surface area contributed by atoms with E-state index in [4.69, 9.17) is 16.3 Å². The van der Waals surface area contributed by atoms with Crippen LogP contribution in [0, 0.1) is 0 Å². The Hall–Kier alpha value is -2.57. The first-order valence-corrected chi connectivity index (χ1v) is 9.26. The first kappa shape index (κ1) is 19.2. The predicted octanol–water partition coefficient (Wildman–Crippen LogP) is 3.46. The van der Waals surface area contributed by atoms with Crippen LogP contribution in [0.5, 0.6) is 0 Å². The van der Waals surface area contributed by atoms with Crippen molar-refractivity contribution in [1.82, 2.24) is 10.6 Å². The standard InChI is InChI=1S/C20H22ClN3O3/c21-17-8-2-1-6-15(17)13-23-20(26)22-12-14-5-3-7-16(11-14)24-19(25)18-9-4-10-27-18/h1-3,5-8,11,18H,4,9-10,12-13H2,(H,24,25)(H2,22,23,26). The lowest BCUT2D eigenvalue weighted by atomic mass is 10.2. The van der Waals surface area contributed by atoms with Gasteiger partial charge in [-0.25, -0.2) is 4.79 Å². The second kappa shape index (κ2) is 9.39. The SMILES string of the molecule is O=C(NCc1cccc(NC(=O)C2CCCO2)c1)NCc1ccccc1Cl. The zero-order valence-corrected chi connectivity index (χ0v) is 15.6. The molecule has 27 heavy (non-hydrogen) atoms. The highest BCUT2D eigenvalue weighted by Gasteiger charge is 2.23. The molecule has 0 spiro atoms. The summed E-state index contributed by atoms with van der Waals surface area (Å²) in [5, 5.41) is 9.04. The molecule has 1 heterocycles. The third kappa shape index (κ3) is 5.70. The maximum Gasteiger partial charge on any atom is 0.315 e. The Morgan fingerprint density at radius 3 is 2.67 bits per heavy atom. The minimum Gasteiger partial charge on any atom is -0.368 e. The molecule has 3 rings (SSSR count). The van der Waals surface area contributed by atoms with Crippen LogP contribution in [0.3, 0.4) is 0 Å². The van der Waals surface area contributed by atoms with Crippen molar-refractivity contribution in [2.75, 3.05) is 11.9 Å². The van der Waals surface area contributed by atoms with Crippen molar-refractivity contribution in [3.63, 3.8) is 0 Å². The van der Waals surface area contributed by atoms with E-state index in [2.05, 4.69) is 16.0 Å². The summed E-state index contributed by atoms with van der Waals surface area (Å²) in [5.41, 5.74) is 2.42. The molecule has 1 aliphatic heterocycles. The Morgan fingerprint density at radius 2 is 1.89 bits per heavy atom. The maximum atomic E-state index is 12.1. The van der Waals surface area contributed by atoms with E-state index in [1.807, 2.05) is 42.5 Å². The summed E-state index contributed by atoms with van der Waals surface area (Å²) in [6.07, 6.45) is 1.28. The molecule has 1 fully saturated rings. The molecule has 1 unspecified atom stereocenters. The molecule has 1 saturated heterocycles. The van der Waals surface area contributed by atoms with E-state index in [-0.39, 0.29) is 18.0 Å². The van der Waals surface area contributed by atoms with E-state index in [0.29, 0.717) is 30.4 Å². The predicted molar refractivity (Wildman–Crippen MR) is 105 cm³/mol. The molecular formula is C20H22ClN3O3. The number of hydrogen-bond acceptors (Lipinski definition) is 3. The van der Waals surface area contributed by atoms with Gasteiger partial charge in [-0.3, -0.25) is 4.79 Å². The summed E-state index contributed by atoms with van der Waals surface area (Å²) in [6, 6.07) is 14.4. The van der Waals surface area contributed by atoms with Crippen molar-refractivity contribution in [3.8, 4) is 0 Å². The van der Waals surface area contributed by atoms with Gasteiger partial charge in [0.05, 0.1) is 0 Å². The molecule has 6 nitrogen and oxygen atoms in total. The number of carbonyl (C=O) groups excluding carboxylic acids is 2. The Bertz CT molecular complexity index is 807. The Balaban J connectivity index is 1.47. The molecule has 3 amide bonds. The van der Waals surface area contributed by atoms with Crippen LogP contribution >= 0.6 is 11.6 Å². The monoisotopic (exact) mass is 387 g/mol. The first-order valence-electron chi connectivity index (χ1n) is 8.88. The number of benzene rings is 2. The second-order valence-corrected chi connectivity index (χ2v) is 6.73. The molecular weight excluding hydrogens is 366 g/mol. The van der Waals surface area contributed by atoms with Crippen LogP contribution in [-0.2, 0) is 22.6 Å². The van der Waals surface area contributed by atoms with Gasteiger partial charge < -0.3 is 20.7 Å². The largest absolute Gasteiger partial charge is 0.368 e. The van der Waals surface area contributed by atoms with Crippen LogP contribution in [0.25, 0.3) is 0 Å². The van der Waals surface area contributed by atoms with Crippen LogP contribution < -0.4 is 16.0 Å². The molecule has 1 atom stereocenters. The summed E-state index contributed by atoms with van der Waals surface area (Å²) < 4.78 is 5.38. The van der Waals surface area contributed by atoms with Crippen LogP contribution in [0.4, 0.5) is 10.5 Å². The van der Waals surface area contributed by atoms with E-state index in [1.165, 1.54) is 0 Å². The third-order valence-electron chi connectivity index (χ3n) is 4.27. The zero-order chi connectivity index (χ0) is 19.1. The highest BCUT2D eigenvalue weighted by molar-refractivity contribution is 6.31. The van der Waals surface area contributed by atoms with Crippen molar-refractivity contribution in [2.24, 2.45) is 0 Å². The van der Waals surface area contributed by atoms with Crippen molar-refractivity contribution in [1.29, 1.82) is 0 Å². The molecule has 3 N–H and O–H groups in total. The van der Waals surface area contributed by atoms with Crippen LogP contribution in [-0.4, -0.2) is 24.6 Å². The highest BCUT2D eigenvalue weighted by Crippen LogP contribution is 2.16. The first-order chi connectivity index (χ1) is 13.1. The number of ether oxygens (including phenoxy) is 1. The van der Waals surface area contributed by atoms with Crippen LogP contribution in [0.2, 0.25) is 5.02 Å². The van der Waals surface area contributed by atoms with E-state index in [9.17, 15) is 9.59 Å². The molecule has 2 aromatic rings. The van der Waals surface area contributed by atoms with Gasteiger partial charge in [0.25, 0.3) is 5.91 Å². The number of carbonyl (C=O) groups is 2. The number of amides is 3. The lowest BCUT2D eigenvalue weighted by Crippen LogP contribution is -2.34. The van der Waals surface area contributed by atoms with Gasteiger partial charge in [-0.15, -0.1) is 0 Å². The Labute approximate surface area is 163 Å². The molecule has 0 radical (unpaired) electrons. The van der Waals surface area contributed by atoms with Crippen LogP contribution in [0.1, 0.15) is 24.0 Å². The number of halogens is 1. The van der Waals surface area contributed by atoms with E-state index in [0.717, 1.165) is 24.0 Å². The third-order valence-corrected chi connectivity index (χ3v) is 4.64. The van der Waals surface area contributed by atoms with Crippen LogP contribution in [0.15, 0.2) is 48.5 Å². The van der Waals surface area contributed by atoms with E-state index >= 15 is 0 Å². The van der Waals surface area contributed by atoms with Gasteiger partial charge in [0.15, 0.2) is 0 Å². The number of hydrogen-bond donors (Lipinski definition) is 3. The number of anilines is 1. The van der Waals surface area contributed by atoms with Crippen molar-refractivity contribution >= 4 is 29.2 Å². The van der Waals surface area contributed by atoms with Gasteiger partial charge in [-0.2, -0.15) is 0 Å². The van der Waals surface area contributed by atoms with Crippen molar-refractivity contribution in [2.45, 2.75) is 32.0 Å². The molecule has 1 aliphatic rings. The minimum atomic E-state index is -0.373. The lowest BCUT2D eigenvalue weighted by Gasteiger charge is -2.12. The fourth-order valence-electron chi connectivity index (χ4n) is 2.83. The number of rotatable bonds is 6. The number of urea groups is 1. The van der Waals surface area contributed by atoms with Crippen molar-refractivity contribution < 1.29 is 14.3 Å². The molecule has 0 aromatic heterocycles. The maximum absolute atomic E-state index is 12.1. The molecule has 0 saturated carbocycles. The summed E-state index contributed by atoms with van der Waals surface area (Å²) in [6.45, 7) is 1.33. The normalized spacial score (nSPS) is 16.0. The average Bonchev–Trinajstić information content (AvgIpc) is 3.21. The fourth-order valence-corrected chi connectivity index (χ4v) is 3.03. The summed E-state index contributed by atoms with van der Waals surface area (Å²) in [5.74, 6) is -0.130. The molecule has 2 aromatic carbocycles. The number of nitrogens with one attached hydrogen (secondary N) is 3. The van der Waals surface area contributed by atoms with Gasteiger partial charge in [0.2, 0.25) is 0 Å². The van der Waals surface area contributed by atoms with E-state index in [1.54, 1.807) is 6.07 Å². The van der Waals surface area contributed by atoms with Gasteiger partial charge in [0.1, 0.15) is 6.10 Å². The molecule has 7 heteroatoms. The van der Waals surface area contributed by atoms with Gasteiger partial charge in [-0.05, 0) is 42.2 Å². The van der Waals surface area contributed by atoms with Gasteiger partial charge in [0, 0.05) is 30.4 Å². The summed E-state index contributed by atoms with van der Waals surface area (Å²) in [7, 11) is 0. The second-order valence-electron chi connectivity index (χ2n) is 6.32. The quantitative estimate of drug-likeness (QED) is 0.710. The topological polar surface area (TPSA) is 79.5 Å². The van der Waals surface area contributed by atoms with Gasteiger partial charge >= 0.3 is 6.03 Å². The smallest absolute Gasteiger partial charge is 0.315 e. The molecule has 0 aliphatic carbocycles. The lowest BCUT2D eigenvalue weighted by molar-refractivity contribution is -0.124. The molecule has 0 bridgehead atoms. The highest BCUT2D eigenvalue weighted by atomic mass is 35.5. The minimum absolute atomic E-state index is 0.130. The van der Waals surface area contributed by atoms with E-state index < -0.39 is 0 Å². The zero-order valence-electron chi connectivity index (χ0n) is 14.8.